The molecule has 4 heteroatoms. The minimum atomic E-state index is -0.632. The van der Waals surface area contributed by atoms with Crippen molar-refractivity contribution in [2.24, 2.45) is 0 Å². The minimum Gasteiger partial charge on any atom is -0.459 e. The zero-order valence-electron chi connectivity index (χ0n) is 9.35. The fraction of sp³-hybridized carbons (Fsp3) is 0.900. The van der Waals surface area contributed by atoms with Gasteiger partial charge in [0.1, 0.15) is 11.1 Å². The van der Waals surface area contributed by atoms with Crippen LogP contribution in [-0.4, -0.2) is 37.4 Å². The van der Waals surface area contributed by atoms with Crippen LogP contribution in [0.1, 0.15) is 27.2 Å². The summed E-state index contributed by atoms with van der Waals surface area (Å²) in [5, 5.41) is 3.00. The van der Waals surface area contributed by atoms with Crippen LogP contribution in [-0.2, 0) is 14.3 Å². The molecule has 0 amide bonds. The van der Waals surface area contributed by atoms with Gasteiger partial charge in [-0.25, -0.2) is 4.79 Å². The maximum absolute atomic E-state index is 11.8. The van der Waals surface area contributed by atoms with Gasteiger partial charge in [-0.2, -0.15) is 0 Å². The molecule has 1 unspecified atom stereocenters. The molecule has 0 spiro atoms. The summed E-state index contributed by atoms with van der Waals surface area (Å²) in [5.74, 6) is -0.218. The highest BCUT2D eigenvalue weighted by Gasteiger charge is 2.43. The third-order valence-electron chi connectivity index (χ3n) is 2.29. The molecule has 0 radical (unpaired) electrons. The molecule has 82 valence electrons. The molecule has 1 aliphatic heterocycles. The molecule has 1 rings (SSSR count). The van der Waals surface area contributed by atoms with Crippen LogP contribution in [0.3, 0.4) is 0 Å². The van der Waals surface area contributed by atoms with E-state index in [1.54, 1.807) is 7.05 Å². The molecule has 1 fully saturated rings. The lowest BCUT2D eigenvalue weighted by molar-refractivity contribution is -0.163. The van der Waals surface area contributed by atoms with E-state index < -0.39 is 11.1 Å². The molecule has 0 aromatic carbocycles. The Morgan fingerprint density at radius 1 is 1.50 bits per heavy atom. The topological polar surface area (TPSA) is 47.6 Å². The molecular weight excluding hydrogens is 182 g/mol. The van der Waals surface area contributed by atoms with Crippen LogP contribution in [0.15, 0.2) is 0 Å². The van der Waals surface area contributed by atoms with E-state index in [0.717, 1.165) is 0 Å². The first-order valence-electron chi connectivity index (χ1n) is 4.90. The van der Waals surface area contributed by atoms with Crippen molar-refractivity contribution in [3.63, 3.8) is 0 Å². The molecule has 0 aliphatic carbocycles. The Hall–Kier alpha value is -0.610. The van der Waals surface area contributed by atoms with Crippen molar-refractivity contribution >= 4 is 5.97 Å². The molecule has 0 bridgehead atoms. The van der Waals surface area contributed by atoms with Crippen molar-refractivity contribution in [3.8, 4) is 0 Å². The van der Waals surface area contributed by atoms with Gasteiger partial charge in [-0.3, -0.25) is 0 Å². The molecule has 0 aromatic heterocycles. The molecule has 1 atom stereocenters. The molecular formula is C10H19NO3. The molecule has 0 aromatic rings. The Bertz CT molecular complexity index is 214. The maximum atomic E-state index is 11.8. The molecule has 1 heterocycles. The molecule has 4 nitrogen and oxygen atoms in total. The third kappa shape index (κ3) is 2.45. The number of nitrogens with one attached hydrogen (secondary N) is 1. The molecule has 1 aliphatic rings. The second kappa shape index (κ2) is 3.87. The Kier molecular flexibility index (Phi) is 3.17. The van der Waals surface area contributed by atoms with Crippen molar-refractivity contribution in [2.75, 3.05) is 20.3 Å². The molecule has 14 heavy (non-hydrogen) atoms. The van der Waals surface area contributed by atoms with Gasteiger partial charge in [-0.05, 0) is 27.8 Å². The fourth-order valence-electron chi connectivity index (χ4n) is 1.40. The summed E-state index contributed by atoms with van der Waals surface area (Å²) in [7, 11) is 1.76. The minimum absolute atomic E-state index is 0.218. The van der Waals surface area contributed by atoms with Gasteiger partial charge in [0.25, 0.3) is 0 Å². The highest BCUT2D eigenvalue weighted by Crippen LogP contribution is 2.22. The van der Waals surface area contributed by atoms with Crippen LogP contribution >= 0.6 is 0 Å². The van der Waals surface area contributed by atoms with Gasteiger partial charge in [0.2, 0.25) is 0 Å². The highest BCUT2D eigenvalue weighted by atomic mass is 16.6. The molecule has 0 saturated carbocycles. The van der Waals surface area contributed by atoms with E-state index in [0.29, 0.717) is 19.6 Å². The lowest BCUT2D eigenvalue weighted by Crippen LogP contribution is -2.53. The summed E-state index contributed by atoms with van der Waals surface area (Å²) >= 11 is 0. The first-order chi connectivity index (χ1) is 6.40. The number of esters is 1. The van der Waals surface area contributed by atoms with Crippen molar-refractivity contribution in [3.05, 3.63) is 0 Å². The zero-order valence-corrected chi connectivity index (χ0v) is 9.35. The summed E-state index contributed by atoms with van der Waals surface area (Å²) in [6.07, 6.45) is 0.679. The number of hydrogen-bond donors (Lipinski definition) is 1. The van der Waals surface area contributed by atoms with Crippen LogP contribution in [0.4, 0.5) is 0 Å². The third-order valence-corrected chi connectivity index (χ3v) is 2.29. The van der Waals surface area contributed by atoms with Gasteiger partial charge in [0.05, 0.1) is 6.61 Å². The summed E-state index contributed by atoms with van der Waals surface area (Å²) in [6.45, 7) is 6.61. The first-order valence-corrected chi connectivity index (χ1v) is 4.90. The largest absolute Gasteiger partial charge is 0.459 e. The monoisotopic (exact) mass is 201 g/mol. The van der Waals surface area contributed by atoms with Crippen molar-refractivity contribution in [1.29, 1.82) is 0 Å². The molecule has 1 saturated heterocycles. The number of likely N-dealkylation sites (N-methyl/N-ethyl adjacent to an activating group) is 1. The van der Waals surface area contributed by atoms with E-state index in [1.165, 1.54) is 0 Å². The van der Waals surface area contributed by atoms with Crippen molar-refractivity contribution < 1.29 is 14.3 Å². The lowest BCUT2D eigenvalue weighted by Gasteiger charge is -2.29. The lowest BCUT2D eigenvalue weighted by atomic mass is 9.99. The summed E-state index contributed by atoms with van der Waals surface area (Å²) in [4.78, 5) is 11.8. The number of hydrogen-bond acceptors (Lipinski definition) is 4. The average Bonchev–Trinajstić information content (AvgIpc) is 2.49. The van der Waals surface area contributed by atoms with Crippen molar-refractivity contribution in [1.82, 2.24) is 5.32 Å². The first kappa shape index (κ1) is 11.5. The maximum Gasteiger partial charge on any atom is 0.329 e. The van der Waals surface area contributed by atoms with Crippen LogP contribution in [0.5, 0.6) is 0 Å². The van der Waals surface area contributed by atoms with E-state index in [2.05, 4.69) is 5.32 Å². The summed E-state index contributed by atoms with van der Waals surface area (Å²) in [5.41, 5.74) is -1.07. The number of carbonyl (C=O) groups excluding carboxylic acids is 1. The predicted molar refractivity (Wildman–Crippen MR) is 53.1 cm³/mol. The summed E-state index contributed by atoms with van der Waals surface area (Å²) in [6, 6.07) is 0. The van der Waals surface area contributed by atoms with E-state index in [9.17, 15) is 4.79 Å². The van der Waals surface area contributed by atoms with Gasteiger partial charge in [0.15, 0.2) is 0 Å². The fourth-order valence-corrected chi connectivity index (χ4v) is 1.40. The van der Waals surface area contributed by atoms with Gasteiger partial charge < -0.3 is 14.8 Å². The Balaban J connectivity index is 2.66. The Labute approximate surface area is 85.0 Å². The molecule has 1 N–H and O–H groups in total. The Morgan fingerprint density at radius 2 is 2.14 bits per heavy atom. The van der Waals surface area contributed by atoms with Crippen LogP contribution in [0.2, 0.25) is 0 Å². The van der Waals surface area contributed by atoms with E-state index >= 15 is 0 Å². The summed E-state index contributed by atoms with van der Waals surface area (Å²) < 4.78 is 10.6. The quantitative estimate of drug-likeness (QED) is 0.668. The predicted octanol–water partition coefficient (Wildman–Crippen LogP) is 0.707. The van der Waals surface area contributed by atoms with Crippen LogP contribution in [0, 0.1) is 0 Å². The normalized spacial score (nSPS) is 27.7. The van der Waals surface area contributed by atoms with E-state index in [4.69, 9.17) is 9.47 Å². The van der Waals surface area contributed by atoms with Crippen LogP contribution in [0.25, 0.3) is 0 Å². The van der Waals surface area contributed by atoms with Gasteiger partial charge in [-0.15, -0.1) is 0 Å². The second-order valence-electron chi connectivity index (χ2n) is 4.64. The Morgan fingerprint density at radius 3 is 2.50 bits per heavy atom. The zero-order chi connectivity index (χ0) is 10.8. The smallest absolute Gasteiger partial charge is 0.329 e. The standard InChI is InChI=1S/C10H19NO3/c1-9(2,3)14-8(12)10(11-4)5-6-13-7-10/h11H,5-7H2,1-4H3. The number of rotatable bonds is 2. The second-order valence-corrected chi connectivity index (χ2v) is 4.64. The highest BCUT2D eigenvalue weighted by molar-refractivity contribution is 5.81. The van der Waals surface area contributed by atoms with Crippen LogP contribution < -0.4 is 5.32 Å². The SMILES string of the molecule is CNC1(C(=O)OC(C)(C)C)CCOC1. The average molecular weight is 201 g/mol. The van der Waals surface area contributed by atoms with E-state index in [-0.39, 0.29) is 5.97 Å². The number of carbonyl (C=O) groups is 1. The van der Waals surface area contributed by atoms with E-state index in [1.807, 2.05) is 20.8 Å². The van der Waals surface area contributed by atoms with Gasteiger partial charge in [-0.1, -0.05) is 0 Å². The number of ether oxygens (including phenoxy) is 2. The van der Waals surface area contributed by atoms with Crippen molar-refractivity contribution in [2.45, 2.75) is 38.3 Å². The van der Waals surface area contributed by atoms with Gasteiger partial charge in [0, 0.05) is 13.0 Å². The van der Waals surface area contributed by atoms with Gasteiger partial charge >= 0.3 is 5.97 Å².